The first-order valence-electron chi connectivity index (χ1n) is 17.0. The van der Waals surface area contributed by atoms with E-state index in [2.05, 4.69) is 13.0 Å². The van der Waals surface area contributed by atoms with Crippen LogP contribution >= 0.6 is 0 Å². The first-order chi connectivity index (χ1) is 27.9. The number of carboxylic acids is 1. The number of rotatable bonds is 17. The number of carboxylic acid groups (broad SMARTS) is 1. The van der Waals surface area contributed by atoms with Gasteiger partial charge in [-0.3, -0.25) is 4.55 Å². The van der Waals surface area contributed by atoms with Crippen LogP contribution in [0.2, 0.25) is 0 Å². The number of hydrogen-bond acceptors (Lipinski definition) is 14. The average molecular weight is 1030 g/mol. The van der Waals surface area contributed by atoms with E-state index in [-0.39, 0.29) is 68.5 Å². The van der Waals surface area contributed by atoms with Crippen LogP contribution in [-0.4, -0.2) is 123 Å². The molecule has 348 valence electrons. The summed E-state index contributed by atoms with van der Waals surface area (Å²) < 4.78 is 199. The Morgan fingerprint density at radius 2 is 1.42 bits per heavy atom. The Morgan fingerprint density at radius 1 is 0.823 bits per heavy atom. The smallest absolute Gasteiger partial charge is 0.262 e. The van der Waals surface area contributed by atoms with E-state index < -0.39 is 105 Å². The standard InChI is InChI=1S/C31H32NO17S5.C3H7O3S.Ni/c1-30(18-51(38,39)40,21-8-5-7-20(15-21)29(33)34)12-4-3-9-27-31(2,19-52(41,42)43)28-24-16-22(53(44,45)46)17-26(54(47,48)49)23(24)10-11-25(28)32(27)13-6-14-50(35,36)37;1-2-3-7(4,5)6;/h3-5,7,9-11,15-17H,6,13-14,18-19H2,1-2H3,(H,33,34)(H,35,36,37)(H,38,39,40)(H,41,42,43)(H,44,45,46)(H,47,48,49);1-3H2,(H,4,5,6);/q2*-1;/b4-3+,27-9+;;. The van der Waals surface area contributed by atoms with Crippen LogP contribution in [0.4, 0.5) is 5.69 Å². The van der Waals surface area contributed by atoms with Crippen molar-refractivity contribution >= 4 is 87.6 Å². The minimum absolute atomic E-state index is 0.00380. The molecule has 1 aliphatic rings. The number of aromatic carboxylic acids is 1. The van der Waals surface area contributed by atoms with Gasteiger partial charge in [-0.15, -0.1) is 0 Å². The Kier molecular flexibility index (Phi) is 16.1. The van der Waals surface area contributed by atoms with Gasteiger partial charge in [0.1, 0.15) is 0 Å². The average Bonchev–Trinajstić information content (AvgIpc) is 3.30. The maximum Gasteiger partial charge on any atom is 0.262 e. The molecule has 0 spiro atoms. The van der Waals surface area contributed by atoms with Crippen LogP contribution in [0.1, 0.15) is 48.2 Å². The summed E-state index contributed by atoms with van der Waals surface area (Å²) in [6.07, 6.45) is 3.46. The van der Waals surface area contributed by atoms with Gasteiger partial charge in [0.25, 0.3) is 10.1 Å². The SMILES string of the molecule is CC(CS(=O)(=O)O)([C](=[Ni])/C=C/C=C1/N(CCCS(=O)(=O)O)c2ccc3c(S(=O)(=O)O)cc(S(=O)(=O)O)cc3c2C1(C)CS(=O)(=O)O)c1[c-]ccc(C(=O)O)c1.[CH2-]CCS(=O)(=O)O. The molecule has 3 aromatic rings. The molecule has 0 fully saturated rings. The van der Waals surface area contributed by atoms with Crippen molar-refractivity contribution in [3.8, 4) is 0 Å². The Balaban J connectivity index is 0.00000134. The fourth-order valence-corrected chi connectivity index (χ4v) is 11.3. The zero-order valence-electron chi connectivity index (χ0n) is 32.1. The summed E-state index contributed by atoms with van der Waals surface area (Å²) in [4.78, 5) is 10.9. The third-order valence-electron chi connectivity index (χ3n) is 9.07. The molecule has 4 rings (SSSR count). The summed E-state index contributed by atoms with van der Waals surface area (Å²) >= 11 is 5.13. The summed E-state index contributed by atoms with van der Waals surface area (Å²) in [6, 6.07) is 9.81. The fourth-order valence-electron chi connectivity index (χ4n) is 6.65. The molecule has 0 bridgehead atoms. The second kappa shape index (κ2) is 18.9. The Labute approximate surface area is 366 Å². The van der Waals surface area contributed by atoms with Crippen molar-refractivity contribution in [1.82, 2.24) is 0 Å². The van der Waals surface area contributed by atoms with Crippen molar-refractivity contribution in [1.29, 1.82) is 0 Å². The van der Waals surface area contributed by atoms with Crippen LogP contribution in [0.3, 0.4) is 0 Å². The van der Waals surface area contributed by atoms with Crippen molar-refractivity contribution in [3.05, 3.63) is 96.1 Å². The van der Waals surface area contributed by atoms with Gasteiger partial charge in [-0.25, -0.2) is 0 Å². The zero-order valence-corrected chi connectivity index (χ0v) is 38.0. The van der Waals surface area contributed by atoms with Crippen molar-refractivity contribution in [2.24, 2.45) is 0 Å². The molecular weight excluding hydrogens is 993 g/mol. The largest absolute Gasteiger partial charge is 0.342 e. The molecular formula is C34H39NNiO20S6-2. The number of fused-ring (bicyclic) bond motifs is 3. The molecule has 28 heteroatoms. The van der Waals surface area contributed by atoms with Gasteiger partial charge in [0.2, 0.25) is 0 Å². The van der Waals surface area contributed by atoms with Crippen molar-refractivity contribution in [2.75, 3.05) is 34.5 Å². The molecule has 0 saturated carbocycles. The molecule has 0 aromatic heterocycles. The van der Waals surface area contributed by atoms with Gasteiger partial charge in [0.05, 0.1) is 0 Å². The Bertz CT molecular complexity index is 3040. The van der Waals surface area contributed by atoms with Gasteiger partial charge in [0.15, 0.2) is 0 Å². The van der Waals surface area contributed by atoms with E-state index in [1.54, 1.807) is 0 Å². The minimum Gasteiger partial charge on any atom is -0.342 e. The number of hydrogen-bond donors (Lipinski definition) is 7. The fraction of sp³-hybridized carbons (Fsp3) is 0.324. The number of benzene rings is 3. The van der Waals surface area contributed by atoms with Crippen molar-refractivity contribution < 1.29 is 103 Å². The van der Waals surface area contributed by atoms with Gasteiger partial charge in [-0.1, -0.05) is 0 Å². The minimum atomic E-state index is -5.23. The third-order valence-corrected chi connectivity index (χ3v) is 15.0. The molecule has 3 aromatic carbocycles. The molecule has 0 amide bonds. The second-order valence-electron chi connectivity index (χ2n) is 14.0. The molecule has 2 unspecified atom stereocenters. The Morgan fingerprint density at radius 3 is 1.89 bits per heavy atom. The Hall–Kier alpha value is -3.51. The van der Waals surface area contributed by atoms with Crippen LogP contribution in [0.5, 0.6) is 0 Å². The van der Waals surface area contributed by atoms with Gasteiger partial charge in [0, 0.05) is 5.75 Å². The van der Waals surface area contributed by atoms with Gasteiger partial charge < -0.3 is 6.92 Å². The monoisotopic (exact) mass is 1030 g/mol. The second-order valence-corrected chi connectivity index (χ2v) is 23.4. The van der Waals surface area contributed by atoms with Gasteiger partial charge in [-0.05, 0) is 0 Å². The first-order valence-corrected chi connectivity index (χ1v) is 26.8. The molecule has 0 radical (unpaired) electrons. The van der Waals surface area contributed by atoms with Crippen molar-refractivity contribution in [3.63, 3.8) is 0 Å². The molecule has 2 atom stereocenters. The van der Waals surface area contributed by atoms with E-state index in [0.29, 0.717) is 6.07 Å². The third kappa shape index (κ3) is 13.7. The maximum atomic E-state index is 12.6. The molecule has 7 N–H and O–H groups in total. The predicted octanol–water partition coefficient (Wildman–Crippen LogP) is 2.18. The molecule has 0 aliphatic carbocycles. The van der Waals surface area contributed by atoms with Crippen LogP contribution in [0.25, 0.3) is 10.8 Å². The summed E-state index contributed by atoms with van der Waals surface area (Å²) in [7, 11) is -28.5. The number of carbonyl (C=O) groups is 1. The van der Waals surface area contributed by atoms with E-state index in [1.807, 2.05) is 0 Å². The van der Waals surface area contributed by atoms with Crippen LogP contribution in [-0.2, 0) is 86.6 Å². The van der Waals surface area contributed by atoms with E-state index in [0.717, 1.165) is 24.3 Å². The summed E-state index contributed by atoms with van der Waals surface area (Å²) in [5, 5.41) is 8.79. The molecule has 21 nitrogen and oxygen atoms in total. The van der Waals surface area contributed by atoms with Crippen molar-refractivity contribution in [2.45, 2.75) is 47.3 Å². The quantitative estimate of drug-likeness (QED) is 0.0579. The number of anilines is 1. The van der Waals surface area contributed by atoms with E-state index in [1.165, 1.54) is 49.1 Å². The van der Waals surface area contributed by atoms with E-state index >= 15 is 0 Å². The van der Waals surface area contributed by atoms with Crippen LogP contribution in [0.15, 0.2) is 76.2 Å². The summed E-state index contributed by atoms with van der Waals surface area (Å²) in [6.45, 7) is 5.43. The molecule has 1 heterocycles. The van der Waals surface area contributed by atoms with Gasteiger partial charge >= 0.3 is 326 Å². The van der Waals surface area contributed by atoms with Gasteiger partial charge in [-0.2, -0.15) is 14.8 Å². The van der Waals surface area contributed by atoms with Crippen LogP contribution < -0.4 is 4.90 Å². The summed E-state index contributed by atoms with van der Waals surface area (Å²) in [5.41, 5.74) is -4.37. The zero-order chi connectivity index (χ0) is 47.7. The molecule has 0 saturated heterocycles. The topological polar surface area (TPSA) is 367 Å². The number of nitrogens with zero attached hydrogens (tertiary/aromatic N) is 1. The van der Waals surface area contributed by atoms with Crippen LogP contribution in [0, 0.1) is 13.0 Å². The van der Waals surface area contributed by atoms with E-state index in [9.17, 15) is 83.2 Å². The molecule has 62 heavy (non-hydrogen) atoms. The predicted molar refractivity (Wildman–Crippen MR) is 220 cm³/mol. The maximum absolute atomic E-state index is 12.6. The number of allylic oxidation sites excluding steroid dienone is 4. The normalized spacial score (nSPS) is 18.0. The summed E-state index contributed by atoms with van der Waals surface area (Å²) in [5.74, 6) is -4.65. The van der Waals surface area contributed by atoms with E-state index in [4.69, 9.17) is 19.6 Å². The molecule has 1 aliphatic heterocycles. The first kappa shape index (κ1) is 52.8.